The molecule has 1 aromatic heterocycles. The Morgan fingerprint density at radius 3 is 2.16 bits per heavy atom. The van der Waals surface area contributed by atoms with Crippen molar-refractivity contribution in [3.05, 3.63) is 101 Å². The van der Waals surface area contributed by atoms with Crippen molar-refractivity contribution >= 4 is 28.5 Å². The van der Waals surface area contributed by atoms with E-state index in [4.69, 9.17) is 9.47 Å². The molecule has 158 valence electrons. The van der Waals surface area contributed by atoms with Gasteiger partial charge in [-0.25, -0.2) is 0 Å². The second kappa shape index (κ2) is 8.19. The Balaban J connectivity index is 1.44. The molecule has 0 N–H and O–H groups in total. The van der Waals surface area contributed by atoms with Gasteiger partial charge in [-0.15, -0.1) is 0 Å². The van der Waals surface area contributed by atoms with Gasteiger partial charge in [0.1, 0.15) is 6.61 Å². The van der Waals surface area contributed by atoms with Crippen LogP contribution in [-0.2, 0) is 6.54 Å². The fourth-order valence-electron chi connectivity index (χ4n) is 4.13. The van der Waals surface area contributed by atoms with Crippen LogP contribution in [0.15, 0.2) is 84.6 Å². The Hall–Kier alpha value is -4.12. The summed E-state index contributed by atoms with van der Waals surface area (Å²) in [4.78, 5) is 25.6. The highest BCUT2D eigenvalue weighted by molar-refractivity contribution is 6.41. The first-order valence-corrected chi connectivity index (χ1v) is 10.4. The highest BCUT2D eigenvalue weighted by atomic mass is 16.5. The van der Waals surface area contributed by atoms with Gasteiger partial charge in [-0.2, -0.15) is 0 Å². The molecule has 0 saturated heterocycles. The van der Waals surface area contributed by atoms with E-state index in [-0.39, 0.29) is 17.1 Å². The molecule has 0 aliphatic heterocycles. The van der Waals surface area contributed by atoms with Crippen LogP contribution in [0.1, 0.15) is 26.3 Å². The van der Waals surface area contributed by atoms with Crippen molar-refractivity contribution in [1.29, 1.82) is 0 Å². The van der Waals surface area contributed by atoms with Crippen LogP contribution < -0.4 is 9.47 Å². The molecular weight excluding hydrogens is 402 g/mol. The molecule has 0 atom stereocenters. The van der Waals surface area contributed by atoms with Gasteiger partial charge in [0.05, 0.1) is 19.2 Å². The Bertz CT molecular complexity index is 1340. The van der Waals surface area contributed by atoms with E-state index in [0.717, 1.165) is 16.5 Å². The molecule has 0 fully saturated rings. The largest absolute Gasteiger partial charge is 0.493 e. The number of ether oxygens (including phenoxy) is 2. The number of allylic oxidation sites excluding steroid dienone is 1. The van der Waals surface area contributed by atoms with Crippen LogP contribution in [0, 0.1) is 0 Å². The summed E-state index contributed by atoms with van der Waals surface area (Å²) in [7, 11) is 1.62. The maximum atomic E-state index is 12.8. The summed E-state index contributed by atoms with van der Waals surface area (Å²) in [5.74, 6) is 0.936. The summed E-state index contributed by atoms with van der Waals surface area (Å²) in [6, 6.07) is 22.4. The predicted molar refractivity (Wildman–Crippen MR) is 124 cm³/mol. The number of ketones is 2. The van der Waals surface area contributed by atoms with Crippen molar-refractivity contribution in [2.45, 2.75) is 6.54 Å². The molecule has 32 heavy (non-hydrogen) atoms. The van der Waals surface area contributed by atoms with Gasteiger partial charge in [0.25, 0.3) is 0 Å². The summed E-state index contributed by atoms with van der Waals surface area (Å²) < 4.78 is 13.3. The Kier molecular flexibility index (Phi) is 5.07. The van der Waals surface area contributed by atoms with Crippen LogP contribution in [-0.4, -0.2) is 29.9 Å². The predicted octanol–water partition coefficient (Wildman–Crippen LogP) is 5.19. The number of nitrogens with zero attached hydrogens (tertiary/aromatic N) is 1. The van der Waals surface area contributed by atoms with Crippen molar-refractivity contribution in [2.24, 2.45) is 0 Å². The van der Waals surface area contributed by atoms with Crippen molar-refractivity contribution in [1.82, 2.24) is 4.57 Å². The lowest BCUT2D eigenvalue weighted by Gasteiger charge is -2.11. The zero-order valence-electron chi connectivity index (χ0n) is 17.6. The number of fused-ring (bicyclic) bond motifs is 2. The smallest absolute Gasteiger partial charge is 0.197 e. The van der Waals surface area contributed by atoms with E-state index >= 15 is 0 Å². The van der Waals surface area contributed by atoms with E-state index in [9.17, 15) is 9.59 Å². The molecule has 1 aliphatic rings. The topological polar surface area (TPSA) is 57.5 Å². The van der Waals surface area contributed by atoms with Gasteiger partial charge in [0.2, 0.25) is 0 Å². The number of benzene rings is 3. The zero-order valence-corrected chi connectivity index (χ0v) is 17.6. The summed E-state index contributed by atoms with van der Waals surface area (Å²) in [5.41, 5.74) is 3.00. The lowest BCUT2D eigenvalue weighted by Crippen LogP contribution is -2.07. The molecular formula is C27H21NO4. The summed E-state index contributed by atoms with van der Waals surface area (Å²) in [6.45, 7) is 1.04. The Morgan fingerprint density at radius 2 is 1.44 bits per heavy atom. The molecule has 1 heterocycles. The maximum absolute atomic E-state index is 12.8. The number of Topliss-reactive ketones (excluding diaryl/α,β-unsaturated/α-hetero) is 2. The minimum atomic E-state index is -0.220. The van der Waals surface area contributed by atoms with Crippen molar-refractivity contribution in [3.63, 3.8) is 0 Å². The maximum Gasteiger partial charge on any atom is 0.197 e. The van der Waals surface area contributed by atoms with E-state index in [1.165, 1.54) is 0 Å². The second-order valence-electron chi connectivity index (χ2n) is 7.56. The molecule has 0 saturated carbocycles. The molecule has 1 aliphatic carbocycles. The van der Waals surface area contributed by atoms with Crippen LogP contribution in [0.3, 0.4) is 0 Å². The van der Waals surface area contributed by atoms with E-state index in [2.05, 4.69) is 4.57 Å². The van der Waals surface area contributed by atoms with Crippen LogP contribution in [0.25, 0.3) is 17.0 Å². The highest BCUT2D eigenvalue weighted by Crippen LogP contribution is 2.31. The third kappa shape index (κ3) is 3.38. The van der Waals surface area contributed by atoms with Gasteiger partial charge in [0, 0.05) is 33.8 Å². The fraction of sp³-hybridized carbons (Fsp3) is 0.111. The molecule has 0 amide bonds. The van der Waals surface area contributed by atoms with Crippen LogP contribution >= 0.6 is 0 Å². The fourth-order valence-corrected chi connectivity index (χ4v) is 4.13. The molecule has 0 bridgehead atoms. The number of methoxy groups -OCH3 is 1. The number of aromatic nitrogens is 1. The molecule has 5 rings (SSSR count). The van der Waals surface area contributed by atoms with Gasteiger partial charge in [-0.1, -0.05) is 54.6 Å². The van der Waals surface area contributed by atoms with Crippen molar-refractivity contribution < 1.29 is 19.1 Å². The lowest BCUT2D eigenvalue weighted by molar-refractivity contribution is 0.0990. The average molecular weight is 423 g/mol. The summed E-state index contributed by atoms with van der Waals surface area (Å²) in [6.07, 6.45) is 3.68. The van der Waals surface area contributed by atoms with E-state index in [0.29, 0.717) is 35.8 Å². The van der Waals surface area contributed by atoms with E-state index < -0.39 is 0 Å². The molecule has 4 aromatic rings. The van der Waals surface area contributed by atoms with E-state index in [1.807, 2.05) is 54.7 Å². The van der Waals surface area contributed by atoms with Gasteiger partial charge in [-0.05, 0) is 24.3 Å². The molecule has 5 heteroatoms. The molecule has 0 spiro atoms. The number of carbonyl (C=O) groups excluding carboxylic acids is 2. The minimum Gasteiger partial charge on any atom is -0.493 e. The molecule has 0 unspecified atom stereocenters. The highest BCUT2D eigenvalue weighted by Gasteiger charge is 2.32. The normalized spacial score (nSPS) is 12.8. The number of carbonyl (C=O) groups is 2. The van der Waals surface area contributed by atoms with Gasteiger partial charge < -0.3 is 14.0 Å². The average Bonchev–Trinajstić information content (AvgIpc) is 3.30. The van der Waals surface area contributed by atoms with Gasteiger partial charge in [-0.3, -0.25) is 9.59 Å². The third-order valence-corrected chi connectivity index (χ3v) is 5.68. The van der Waals surface area contributed by atoms with Crippen LogP contribution in [0.5, 0.6) is 11.5 Å². The number of hydrogen-bond acceptors (Lipinski definition) is 4. The number of hydrogen-bond donors (Lipinski definition) is 0. The minimum absolute atomic E-state index is 0.208. The second-order valence-corrected chi connectivity index (χ2v) is 7.56. The first kappa shape index (κ1) is 19.8. The van der Waals surface area contributed by atoms with Crippen LogP contribution in [0.4, 0.5) is 0 Å². The van der Waals surface area contributed by atoms with Crippen LogP contribution in [0.2, 0.25) is 0 Å². The monoisotopic (exact) mass is 423 g/mol. The first-order valence-electron chi connectivity index (χ1n) is 10.4. The standard InChI is InChI=1S/C27H21NO4/c1-31-24-12-6-7-13-25(24)32-15-14-28-17-18(19-8-4-5-11-23(19)28)16-22-26(29)20-9-2-3-10-21(20)27(22)30/h2-13,16-17H,14-15H2,1H3. The molecule has 3 aromatic carbocycles. The van der Waals surface area contributed by atoms with Crippen molar-refractivity contribution in [3.8, 4) is 11.5 Å². The van der Waals surface area contributed by atoms with Gasteiger partial charge in [0.15, 0.2) is 23.1 Å². The van der Waals surface area contributed by atoms with Gasteiger partial charge >= 0.3 is 0 Å². The van der Waals surface area contributed by atoms with E-state index in [1.54, 1.807) is 37.5 Å². The molecule has 0 radical (unpaired) electrons. The SMILES string of the molecule is COc1ccccc1OCCn1cc(C=C2C(=O)c3ccccc3C2=O)c2ccccc21. The number of para-hydroxylation sites is 3. The lowest BCUT2D eigenvalue weighted by atomic mass is 10.1. The number of rotatable bonds is 6. The Labute approximate surface area is 185 Å². The summed E-state index contributed by atoms with van der Waals surface area (Å²) in [5, 5.41) is 0.980. The van der Waals surface area contributed by atoms with Crippen molar-refractivity contribution in [2.75, 3.05) is 13.7 Å². The summed E-state index contributed by atoms with van der Waals surface area (Å²) >= 11 is 0. The zero-order chi connectivity index (χ0) is 22.1. The quantitative estimate of drug-likeness (QED) is 0.316. The molecule has 5 nitrogen and oxygen atoms in total. The third-order valence-electron chi connectivity index (χ3n) is 5.68. The Morgan fingerprint density at radius 1 is 0.812 bits per heavy atom. The first-order chi connectivity index (χ1) is 15.7.